The van der Waals surface area contributed by atoms with Gasteiger partial charge in [0.15, 0.2) is 11.5 Å². The molecule has 0 spiro atoms. The van der Waals surface area contributed by atoms with Gasteiger partial charge in [0, 0.05) is 37.2 Å². The van der Waals surface area contributed by atoms with Crippen LogP contribution in [-0.4, -0.2) is 58.1 Å². The largest absolute Gasteiger partial charge is 0.505 e. The predicted octanol–water partition coefficient (Wildman–Crippen LogP) is 4.51. The van der Waals surface area contributed by atoms with E-state index >= 15 is 0 Å². The number of Topliss-reactive ketones (excluding diaryl/α,β-unsaturated/α-hetero) is 3. The third-order valence-electron chi connectivity index (χ3n) is 12.2. The van der Waals surface area contributed by atoms with Gasteiger partial charge in [0.05, 0.1) is 23.2 Å². The van der Waals surface area contributed by atoms with Crippen molar-refractivity contribution in [3.8, 4) is 0 Å². The van der Waals surface area contributed by atoms with Gasteiger partial charge >= 0.3 is 0 Å². The summed E-state index contributed by atoms with van der Waals surface area (Å²) in [6, 6.07) is 0. The van der Waals surface area contributed by atoms with E-state index in [4.69, 9.17) is 9.47 Å². The second kappa shape index (κ2) is 7.88. The van der Waals surface area contributed by atoms with Gasteiger partial charge in [-0.05, 0) is 70.3 Å². The SMILES string of the molecule is COC(C)(C)[C@@H]1CC(=O)[C@](C)(O)[C@H]2[C@@H](C[C@@]3(C)[C@@H]4CC=C5[C@@H](C=C(O)C(=O)C5(C)C)[C@]4(C)C(=O)C[C@]23C)O1. The number of fused-ring (bicyclic) bond motifs is 7. The Balaban J connectivity index is 1.65. The molecule has 0 aromatic carbocycles. The van der Waals surface area contributed by atoms with E-state index < -0.39 is 56.9 Å². The van der Waals surface area contributed by atoms with Crippen molar-refractivity contribution in [2.24, 2.45) is 39.4 Å². The molecular formula is C31H44O7. The van der Waals surface area contributed by atoms with Crippen LogP contribution >= 0.6 is 0 Å². The molecule has 7 nitrogen and oxygen atoms in total. The highest BCUT2D eigenvalue weighted by molar-refractivity contribution is 6.02. The van der Waals surface area contributed by atoms with Crippen molar-refractivity contribution in [1.29, 1.82) is 0 Å². The zero-order valence-electron chi connectivity index (χ0n) is 24.3. The Bertz CT molecular complexity index is 1170. The zero-order valence-corrected chi connectivity index (χ0v) is 24.3. The molecule has 0 aromatic rings. The van der Waals surface area contributed by atoms with Crippen LogP contribution < -0.4 is 0 Å². The second-order valence-corrected chi connectivity index (χ2v) is 14.6. The Kier molecular flexibility index (Phi) is 5.75. The van der Waals surface area contributed by atoms with Gasteiger partial charge in [0.1, 0.15) is 11.4 Å². The molecule has 5 rings (SSSR count). The molecule has 38 heavy (non-hydrogen) atoms. The molecule has 0 bridgehead atoms. The molecular weight excluding hydrogens is 484 g/mol. The lowest BCUT2D eigenvalue weighted by molar-refractivity contribution is -0.179. The summed E-state index contributed by atoms with van der Waals surface area (Å²) >= 11 is 0. The summed E-state index contributed by atoms with van der Waals surface area (Å²) in [6.45, 7) is 15.3. The van der Waals surface area contributed by atoms with Crippen LogP contribution in [0.2, 0.25) is 0 Å². The summed E-state index contributed by atoms with van der Waals surface area (Å²) in [5, 5.41) is 22.5. The lowest BCUT2D eigenvalue weighted by Crippen LogP contribution is -2.64. The van der Waals surface area contributed by atoms with Crippen molar-refractivity contribution < 1.29 is 34.1 Å². The molecule has 210 valence electrons. The summed E-state index contributed by atoms with van der Waals surface area (Å²) in [7, 11) is 1.60. The van der Waals surface area contributed by atoms with Gasteiger partial charge in [-0.25, -0.2) is 0 Å². The molecule has 1 saturated heterocycles. The zero-order chi connectivity index (χ0) is 28.4. The van der Waals surface area contributed by atoms with Crippen LogP contribution in [-0.2, 0) is 23.9 Å². The number of aliphatic hydroxyl groups excluding tert-OH is 1. The normalized spacial score (nSPS) is 48.3. The van der Waals surface area contributed by atoms with Crippen molar-refractivity contribution in [1.82, 2.24) is 0 Å². The number of ketones is 3. The summed E-state index contributed by atoms with van der Waals surface area (Å²) in [5.74, 6) is -1.90. The Morgan fingerprint density at radius 3 is 2.26 bits per heavy atom. The van der Waals surface area contributed by atoms with Crippen molar-refractivity contribution >= 4 is 17.3 Å². The molecule has 2 saturated carbocycles. The van der Waals surface area contributed by atoms with Crippen LogP contribution in [0.3, 0.4) is 0 Å². The Morgan fingerprint density at radius 2 is 1.66 bits per heavy atom. The van der Waals surface area contributed by atoms with Gasteiger partial charge < -0.3 is 19.7 Å². The lowest BCUT2D eigenvalue weighted by Gasteiger charge is -2.63. The highest BCUT2D eigenvalue weighted by Crippen LogP contribution is 2.74. The molecule has 0 amide bonds. The average molecular weight is 529 g/mol. The smallest absolute Gasteiger partial charge is 0.206 e. The lowest BCUT2D eigenvalue weighted by atomic mass is 9.39. The number of aliphatic hydroxyl groups is 2. The van der Waals surface area contributed by atoms with E-state index in [9.17, 15) is 24.6 Å². The van der Waals surface area contributed by atoms with E-state index in [1.54, 1.807) is 20.1 Å². The third kappa shape index (κ3) is 3.15. The van der Waals surface area contributed by atoms with E-state index in [0.717, 1.165) is 5.57 Å². The number of carbonyl (C=O) groups is 3. The summed E-state index contributed by atoms with van der Waals surface area (Å²) in [5.41, 5.74) is -4.37. The number of allylic oxidation sites excluding steroid dienone is 4. The first-order valence-electron chi connectivity index (χ1n) is 14.0. The summed E-state index contributed by atoms with van der Waals surface area (Å²) in [4.78, 5) is 40.8. The minimum Gasteiger partial charge on any atom is -0.505 e. The molecule has 5 aliphatic rings. The van der Waals surface area contributed by atoms with E-state index in [0.29, 0.717) is 12.8 Å². The highest BCUT2D eigenvalue weighted by atomic mass is 16.6. The quantitative estimate of drug-likeness (QED) is 0.507. The van der Waals surface area contributed by atoms with Crippen molar-refractivity contribution in [3.63, 3.8) is 0 Å². The minimum atomic E-state index is -1.66. The first kappa shape index (κ1) is 27.7. The van der Waals surface area contributed by atoms with E-state index in [1.165, 1.54) is 0 Å². The molecule has 3 fully saturated rings. The maximum absolute atomic E-state index is 14.4. The van der Waals surface area contributed by atoms with Crippen molar-refractivity contribution in [2.75, 3.05) is 7.11 Å². The van der Waals surface area contributed by atoms with Gasteiger partial charge in [-0.1, -0.05) is 32.4 Å². The first-order chi connectivity index (χ1) is 17.3. The molecule has 7 heteroatoms. The maximum atomic E-state index is 14.4. The molecule has 1 aliphatic heterocycles. The van der Waals surface area contributed by atoms with Crippen LogP contribution in [0, 0.1) is 39.4 Å². The summed E-state index contributed by atoms with van der Waals surface area (Å²) < 4.78 is 12.4. The van der Waals surface area contributed by atoms with Gasteiger partial charge in [0.25, 0.3) is 0 Å². The van der Waals surface area contributed by atoms with Crippen LogP contribution in [0.25, 0.3) is 0 Å². The van der Waals surface area contributed by atoms with Crippen LogP contribution in [0.4, 0.5) is 0 Å². The number of hydrogen-bond donors (Lipinski definition) is 2. The number of hydrogen-bond acceptors (Lipinski definition) is 7. The minimum absolute atomic E-state index is 0.0457. The van der Waals surface area contributed by atoms with E-state index in [-0.39, 0.29) is 41.9 Å². The highest BCUT2D eigenvalue weighted by Gasteiger charge is 2.75. The molecule has 0 unspecified atom stereocenters. The molecule has 0 radical (unpaired) electrons. The topological polar surface area (TPSA) is 110 Å². The summed E-state index contributed by atoms with van der Waals surface area (Å²) in [6.07, 6.45) is 4.18. The van der Waals surface area contributed by atoms with Crippen molar-refractivity contribution in [2.45, 2.75) is 104 Å². The van der Waals surface area contributed by atoms with E-state index in [2.05, 4.69) is 19.9 Å². The average Bonchev–Trinajstić information content (AvgIpc) is 2.98. The number of ether oxygens (including phenoxy) is 2. The standard InChI is InChI=1S/C31H44O7/c1-26(2)16-10-11-20-28(5)14-19-24(31(8,36)21(33)13-23(38-19)27(3,4)37-9)29(28,6)15-22(34)30(20,7)17(16)12-18(32)25(26)35/h10,12,17,19-20,23-24,32,36H,11,13-15H2,1-9H3/t17-,19-,20+,23+,24+,28+,29-,30+,31+/m1/s1. The number of rotatable bonds is 2. The van der Waals surface area contributed by atoms with Crippen LogP contribution in [0.5, 0.6) is 0 Å². The van der Waals surface area contributed by atoms with Crippen molar-refractivity contribution in [3.05, 3.63) is 23.5 Å². The molecule has 0 aromatic heterocycles. The van der Waals surface area contributed by atoms with E-state index in [1.807, 2.05) is 34.6 Å². The van der Waals surface area contributed by atoms with Crippen LogP contribution in [0.15, 0.2) is 23.5 Å². The molecule has 9 atom stereocenters. The molecule has 4 aliphatic carbocycles. The van der Waals surface area contributed by atoms with Gasteiger partial charge in [0.2, 0.25) is 5.78 Å². The Hall–Kier alpha value is -1.83. The fraction of sp³-hybridized carbons (Fsp3) is 0.774. The van der Waals surface area contributed by atoms with Crippen LogP contribution in [0.1, 0.15) is 81.1 Å². The molecule has 1 heterocycles. The number of carbonyl (C=O) groups excluding carboxylic acids is 3. The predicted molar refractivity (Wildman–Crippen MR) is 141 cm³/mol. The molecule has 2 N–H and O–H groups in total. The monoisotopic (exact) mass is 528 g/mol. The number of methoxy groups -OCH3 is 1. The van der Waals surface area contributed by atoms with Gasteiger partial charge in [-0.2, -0.15) is 0 Å². The Morgan fingerprint density at radius 1 is 1.03 bits per heavy atom. The Labute approximate surface area is 226 Å². The second-order valence-electron chi connectivity index (χ2n) is 14.6. The van der Waals surface area contributed by atoms with Gasteiger partial charge in [-0.15, -0.1) is 0 Å². The third-order valence-corrected chi connectivity index (χ3v) is 12.2. The van der Waals surface area contributed by atoms with Gasteiger partial charge in [-0.3, -0.25) is 14.4 Å². The first-order valence-corrected chi connectivity index (χ1v) is 14.0. The fourth-order valence-corrected chi connectivity index (χ4v) is 9.41. The maximum Gasteiger partial charge on any atom is 0.206 e. The fourth-order valence-electron chi connectivity index (χ4n) is 9.41.